The van der Waals surface area contributed by atoms with E-state index in [1.165, 1.54) is 26.4 Å². The van der Waals surface area contributed by atoms with Crippen molar-refractivity contribution < 1.29 is 23.5 Å². The molecule has 2 rings (SSSR count). The summed E-state index contributed by atoms with van der Waals surface area (Å²) in [6, 6.07) is 3.75. The fourth-order valence-corrected chi connectivity index (χ4v) is 2.11. The van der Waals surface area contributed by atoms with Crippen molar-refractivity contribution in [3.8, 4) is 5.75 Å². The second-order valence-electron chi connectivity index (χ2n) is 4.83. The molecular formula is C16H16FN3O4. The number of ether oxygens (including phenoxy) is 2. The van der Waals surface area contributed by atoms with Crippen LogP contribution >= 0.6 is 0 Å². The van der Waals surface area contributed by atoms with Crippen LogP contribution in [0.4, 0.5) is 4.39 Å². The summed E-state index contributed by atoms with van der Waals surface area (Å²) in [6.07, 6.45) is 2.28. The van der Waals surface area contributed by atoms with Gasteiger partial charge < -0.3 is 14.8 Å². The highest BCUT2D eigenvalue weighted by molar-refractivity contribution is 5.93. The Morgan fingerprint density at radius 1 is 1.17 bits per heavy atom. The van der Waals surface area contributed by atoms with Gasteiger partial charge in [-0.25, -0.2) is 19.2 Å². The second kappa shape index (κ2) is 7.49. The van der Waals surface area contributed by atoms with Gasteiger partial charge in [0.15, 0.2) is 5.69 Å². The van der Waals surface area contributed by atoms with Crippen molar-refractivity contribution in [1.82, 2.24) is 15.3 Å². The fraction of sp³-hybridized carbons (Fsp3) is 0.250. The van der Waals surface area contributed by atoms with Gasteiger partial charge in [-0.1, -0.05) is 6.07 Å². The van der Waals surface area contributed by atoms with Crippen LogP contribution in [0.5, 0.6) is 5.75 Å². The van der Waals surface area contributed by atoms with Crippen molar-refractivity contribution in [2.24, 2.45) is 0 Å². The minimum Gasteiger partial charge on any atom is -0.496 e. The van der Waals surface area contributed by atoms with Gasteiger partial charge in [0.1, 0.15) is 17.3 Å². The van der Waals surface area contributed by atoms with Gasteiger partial charge in [-0.3, -0.25) is 4.79 Å². The molecule has 0 fully saturated rings. The predicted molar refractivity (Wildman–Crippen MR) is 82.2 cm³/mol. The van der Waals surface area contributed by atoms with Gasteiger partial charge in [0, 0.05) is 0 Å². The smallest absolute Gasteiger partial charge is 0.358 e. The summed E-state index contributed by atoms with van der Waals surface area (Å²) in [6.45, 7) is 1.62. The lowest BCUT2D eigenvalue weighted by Gasteiger charge is -2.17. The van der Waals surface area contributed by atoms with Crippen LogP contribution in [-0.2, 0) is 4.74 Å². The number of rotatable bonds is 5. The van der Waals surface area contributed by atoms with Gasteiger partial charge in [-0.15, -0.1) is 0 Å². The zero-order chi connectivity index (χ0) is 17.7. The molecule has 1 aromatic carbocycles. The first kappa shape index (κ1) is 17.3. The van der Waals surface area contributed by atoms with Gasteiger partial charge in [-0.2, -0.15) is 0 Å². The normalized spacial score (nSPS) is 11.5. The third-order valence-electron chi connectivity index (χ3n) is 3.29. The summed E-state index contributed by atoms with van der Waals surface area (Å²) in [5.41, 5.74) is 0.204. The van der Waals surface area contributed by atoms with Crippen molar-refractivity contribution in [3.05, 3.63) is 53.4 Å². The molecule has 0 spiro atoms. The Morgan fingerprint density at radius 2 is 1.83 bits per heavy atom. The number of nitrogens with zero attached hydrogens (tertiary/aromatic N) is 2. The van der Waals surface area contributed by atoms with Crippen LogP contribution in [-0.4, -0.2) is 36.1 Å². The van der Waals surface area contributed by atoms with Crippen LogP contribution in [0.15, 0.2) is 30.6 Å². The molecule has 1 aromatic heterocycles. The standard InChI is InChI=1S/C16H16FN3O4/c1-9(14-10(17)5-4-6-13(14)23-2)20-15(21)11-7-19-12(8-18-11)16(22)24-3/h4-9H,1-3H3,(H,20,21)/t9-/m0/s1. The Labute approximate surface area is 137 Å². The zero-order valence-corrected chi connectivity index (χ0v) is 13.4. The molecule has 7 nitrogen and oxygen atoms in total. The minimum absolute atomic E-state index is 0.00944. The number of carbonyl (C=O) groups excluding carboxylic acids is 2. The maximum atomic E-state index is 14.0. The monoisotopic (exact) mass is 333 g/mol. The molecule has 2 aromatic rings. The van der Waals surface area contributed by atoms with Gasteiger partial charge in [-0.05, 0) is 19.1 Å². The van der Waals surface area contributed by atoms with Gasteiger partial charge >= 0.3 is 5.97 Å². The molecule has 0 saturated heterocycles. The van der Waals surface area contributed by atoms with Gasteiger partial charge in [0.2, 0.25) is 0 Å². The second-order valence-corrected chi connectivity index (χ2v) is 4.83. The molecule has 0 aliphatic heterocycles. The first-order chi connectivity index (χ1) is 11.5. The van der Waals surface area contributed by atoms with Crippen molar-refractivity contribution in [2.75, 3.05) is 14.2 Å². The SMILES string of the molecule is COC(=O)c1cnc(C(=O)N[C@@H](C)c2c(F)cccc2OC)cn1. The fourth-order valence-electron chi connectivity index (χ4n) is 2.11. The van der Waals surface area contributed by atoms with E-state index in [-0.39, 0.29) is 17.0 Å². The van der Waals surface area contributed by atoms with Crippen LogP contribution in [0.1, 0.15) is 39.5 Å². The van der Waals surface area contributed by atoms with Crippen LogP contribution < -0.4 is 10.1 Å². The van der Waals surface area contributed by atoms with E-state index in [2.05, 4.69) is 20.0 Å². The van der Waals surface area contributed by atoms with Crippen LogP contribution in [0.3, 0.4) is 0 Å². The number of amides is 1. The summed E-state index contributed by atoms with van der Waals surface area (Å²) in [7, 11) is 2.64. The van der Waals surface area contributed by atoms with E-state index in [1.54, 1.807) is 13.0 Å². The third-order valence-corrected chi connectivity index (χ3v) is 3.29. The van der Waals surface area contributed by atoms with Crippen molar-refractivity contribution >= 4 is 11.9 Å². The molecule has 126 valence electrons. The minimum atomic E-state index is -0.657. The van der Waals surface area contributed by atoms with Crippen molar-refractivity contribution in [2.45, 2.75) is 13.0 Å². The lowest BCUT2D eigenvalue weighted by molar-refractivity contribution is 0.0592. The Balaban J connectivity index is 2.16. The summed E-state index contributed by atoms with van der Waals surface area (Å²) < 4.78 is 23.6. The maximum Gasteiger partial charge on any atom is 0.358 e. The topological polar surface area (TPSA) is 90.4 Å². The number of esters is 1. The number of hydrogen-bond acceptors (Lipinski definition) is 6. The number of aromatic nitrogens is 2. The molecule has 0 bridgehead atoms. The molecule has 1 N–H and O–H groups in total. The van der Waals surface area contributed by atoms with E-state index in [0.717, 1.165) is 12.4 Å². The summed E-state index contributed by atoms with van der Waals surface area (Å²) >= 11 is 0. The summed E-state index contributed by atoms with van der Waals surface area (Å²) in [5.74, 6) is -1.38. The zero-order valence-electron chi connectivity index (χ0n) is 13.4. The van der Waals surface area contributed by atoms with Crippen LogP contribution in [0.25, 0.3) is 0 Å². The molecule has 0 unspecified atom stereocenters. The molecule has 0 saturated carbocycles. The lowest BCUT2D eigenvalue weighted by atomic mass is 10.1. The molecule has 24 heavy (non-hydrogen) atoms. The summed E-state index contributed by atoms with van der Waals surface area (Å²) in [4.78, 5) is 31.1. The molecule has 1 atom stereocenters. The number of hydrogen-bond donors (Lipinski definition) is 1. The number of methoxy groups -OCH3 is 2. The first-order valence-corrected chi connectivity index (χ1v) is 7.01. The largest absolute Gasteiger partial charge is 0.496 e. The molecule has 8 heteroatoms. The Hall–Kier alpha value is -3.03. The quantitative estimate of drug-likeness (QED) is 0.841. The lowest BCUT2D eigenvalue weighted by Crippen LogP contribution is -2.28. The van der Waals surface area contributed by atoms with Crippen molar-refractivity contribution in [3.63, 3.8) is 0 Å². The number of halogens is 1. The van der Waals surface area contributed by atoms with E-state index in [0.29, 0.717) is 5.75 Å². The van der Waals surface area contributed by atoms with E-state index < -0.39 is 23.7 Å². The van der Waals surface area contributed by atoms with Crippen LogP contribution in [0, 0.1) is 5.82 Å². The van der Waals surface area contributed by atoms with Crippen molar-refractivity contribution in [1.29, 1.82) is 0 Å². The molecule has 0 aliphatic carbocycles. The Bertz CT molecular complexity index is 749. The van der Waals surface area contributed by atoms with E-state index in [4.69, 9.17) is 4.74 Å². The molecule has 1 amide bonds. The molecule has 0 aliphatic rings. The third kappa shape index (κ3) is 3.65. The van der Waals surface area contributed by atoms with E-state index in [9.17, 15) is 14.0 Å². The Kier molecular flexibility index (Phi) is 5.41. The van der Waals surface area contributed by atoms with Crippen LogP contribution in [0.2, 0.25) is 0 Å². The predicted octanol–water partition coefficient (Wildman–Crippen LogP) is 1.90. The van der Waals surface area contributed by atoms with Gasteiger partial charge in [0.05, 0.1) is 38.2 Å². The Morgan fingerprint density at radius 3 is 2.42 bits per heavy atom. The first-order valence-electron chi connectivity index (χ1n) is 7.01. The summed E-state index contributed by atoms with van der Waals surface area (Å²) in [5, 5.41) is 2.61. The average Bonchev–Trinajstić information content (AvgIpc) is 2.60. The number of carbonyl (C=O) groups is 2. The highest BCUT2D eigenvalue weighted by atomic mass is 19.1. The molecule has 1 heterocycles. The van der Waals surface area contributed by atoms with E-state index in [1.807, 2.05) is 0 Å². The molecular weight excluding hydrogens is 317 g/mol. The average molecular weight is 333 g/mol. The highest BCUT2D eigenvalue weighted by Gasteiger charge is 2.20. The highest BCUT2D eigenvalue weighted by Crippen LogP contribution is 2.27. The number of nitrogens with one attached hydrogen (secondary N) is 1. The molecule has 0 radical (unpaired) electrons. The van der Waals surface area contributed by atoms with E-state index >= 15 is 0 Å². The number of benzene rings is 1. The maximum absolute atomic E-state index is 14.0. The van der Waals surface area contributed by atoms with Gasteiger partial charge in [0.25, 0.3) is 5.91 Å².